The van der Waals surface area contributed by atoms with Crippen molar-refractivity contribution in [2.75, 3.05) is 13.7 Å². The minimum absolute atomic E-state index is 0.233. The monoisotopic (exact) mass is 688 g/mol. The van der Waals surface area contributed by atoms with Crippen molar-refractivity contribution >= 4 is 42.4 Å². The number of ether oxygens (including phenoxy) is 1. The van der Waals surface area contributed by atoms with E-state index < -0.39 is 15.6 Å². The van der Waals surface area contributed by atoms with Gasteiger partial charge in [-0.3, -0.25) is 0 Å². The van der Waals surface area contributed by atoms with Gasteiger partial charge in [0, 0.05) is 22.0 Å². The number of aryl methyl sites for hydroxylation is 1. The SMILES string of the molecule is COc1ccc2c(c1)c(CCNS(=O)(=O)c1ccc(C)cc1)c1n2C(c2ccccc2)(c2ccccc2)C=C1c1ccc(Br)cc1. The van der Waals surface area contributed by atoms with Crippen molar-refractivity contribution in [3.05, 3.63) is 171 Å². The highest BCUT2D eigenvalue weighted by atomic mass is 79.9. The average molecular weight is 690 g/mol. The highest BCUT2D eigenvalue weighted by Gasteiger charge is 2.44. The Morgan fingerprint density at radius 2 is 1.43 bits per heavy atom. The van der Waals surface area contributed by atoms with E-state index >= 15 is 0 Å². The molecule has 1 aliphatic heterocycles. The fourth-order valence-electron chi connectivity index (χ4n) is 6.64. The third-order valence-electron chi connectivity index (χ3n) is 8.82. The predicted molar refractivity (Wildman–Crippen MR) is 189 cm³/mol. The van der Waals surface area contributed by atoms with Crippen molar-refractivity contribution in [2.24, 2.45) is 0 Å². The summed E-state index contributed by atoms with van der Waals surface area (Å²) in [4.78, 5) is 0.259. The van der Waals surface area contributed by atoms with E-state index in [2.05, 4.69) is 116 Å². The Bertz CT molecular complexity index is 2130. The summed E-state index contributed by atoms with van der Waals surface area (Å²) >= 11 is 3.61. The van der Waals surface area contributed by atoms with Crippen LogP contribution in [-0.4, -0.2) is 26.6 Å². The number of sulfonamides is 1. The van der Waals surface area contributed by atoms with Crippen molar-refractivity contribution in [1.29, 1.82) is 0 Å². The van der Waals surface area contributed by atoms with Gasteiger partial charge in [-0.05, 0) is 84.1 Å². The van der Waals surface area contributed by atoms with Crippen LogP contribution in [0.2, 0.25) is 0 Å². The van der Waals surface area contributed by atoms with Crippen molar-refractivity contribution in [2.45, 2.75) is 23.8 Å². The Morgan fingerprint density at radius 1 is 0.804 bits per heavy atom. The van der Waals surface area contributed by atoms with Gasteiger partial charge in [-0.1, -0.05) is 106 Å². The standard InChI is InChI=1S/C39H33BrN2O3S/c1-27-13-20-33(21-14-27)46(43,44)41-24-23-34-35-25-32(45-2)19-22-37(35)42-38(34)36(28-15-17-31(40)18-16-28)26-39(42,29-9-5-3-6-10-29)30-11-7-4-8-12-30/h3-22,25-26,41H,23-24H2,1-2H3. The molecule has 0 fully saturated rings. The molecule has 46 heavy (non-hydrogen) atoms. The lowest BCUT2D eigenvalue weighted by atomic mass is 9.82. The highest BCUT2D eigenvalue weighted by molar-refractivity contribution is 9.10. The van der Waals surface area contributed by atoms with Gasteiger partial charge in [0.25, 0.3) is 0 Å². The summed E-state index contributed by atoms with van der Waals surface area (Å²) in [5.74, 6) is 0.748. The van der Waals surface area contributed by atoms with Crippen molar-refractivity contribution in [3.63, 3.8) is 0 Å². The predicted octanol–water partition coefficient (Wildman–Crippen LogP) is 8.48. The zero-order valence-corrected chi connectivity index (χ0v) is 28.0. The van der Waals surface area contributed by atoms with Gasteiger partial charge in [-0.15, -0.1) is 0 Å². The quantitative estimate of drug-likeness (QED) is 0.166. The molecule has 7 rings (SSSR count). The summed E-state index contributed by atoms with van der Waals surface area (Å²) in [6.45, 7) is 2.18. The number of halogens is 1. The number of benzene rings is 5. The Hall–Kier alpha value is -4.43. The van der Waals surface area contributed by atoms with E-state index in [9.17, 15) is 8.42 Å². The Morgan fingerprint density at radius 3 is 2.04 bits per heavy atom. The average Bonchev–Trinajstić information content (AvgIpc) is 3.60. The molecule has 6 aromatic rings. The van der Waals surface area contributed by atoms with Crippen LogP contribution < -0.4 is 9.46 Å². The molecule has 0 aliphatic carbocycles. The minimum atomic E-state index is -3.69. The molecule has 0 bridgehead atoms. The topological polar surface area (TPSA) is 60.3 Å². The molecule has 1 N–H and O–H groups in total. The molecule has 230 valence electrons. The molecule has 0 unspecified atom stereocenters. The van der Waals surface area contributed by atoms with Gasteiger partial charge in [0.15, 0.2) is 0 Å². The number of nitrogens with zero attached hydrogens (tertiary/aromatic N) is 1. The van der Waals surface area contributed by atoms with Crippen molar-refractivity contribution in [1.82, 2.24) is 9.29 Å². The van der Waals surface area contributed by atoms with Gasteiger partial charge in [-0.2, -0.15) is 0 Å². The van der Waals surface area contributed by atoms with Crippen LogP contribution in [0.5, 0.6) is 5.75 Å². The van der Waals surface area contributed by atoms with Crippen LogP contribution in [0.4, 0.5) is 0 Å². The van der Waals surface area contributed by atoms with E-state index in [4.69, 9.17) is 4.74 Å². The van der Waals surface area contributed by atoms with Crippen LogP contribution in [0.25, 0.3) is 16.5 Å². The lowest BCUT2D eigenvalue weighted by Crippen LogP contribution is -2.32. The molecule has 5 nitrogen and oxygen atoms in total. The fourth-order valence-corrected chi connectivity index (χ4v) is 7.94. The van der Waals surface area contributed by atoms with Gasteiger partial charge < -0.3 is 9.30 Å². The summed E-state index contributed by atoms with van der Waals surface area (Å²) in [6, 6.07) is 42.7. The molecule has 0 saturated carbocycles. The number of aromatic nitrogens is 1. The number of fused-ring (bicyclic) bond motifs is 3. The first kappa shape index (κ1) is 30.2. The molecule has 1 aliphatic rings. The van der Waals surface area contributed by atoms with E-state index in [1.807, 2.05) is 37.3 Å². The van der Waals surface area contributed by atoms with E-state index in [1.54, 1.807) is 19.2 Å². The molecule has 0 radical (unpaired) electrons. The van der Waals surface area contributed by atoms with E-state index in [0.29, 0.717) is 6.42 Å². The second-order valence-corrected chi connectivity index (χ2v) is 14.3. The van der Waals surface area contributed by atoms with Crippen LogP contribution in [0.3, 0.4) is 0 Å². The second-order valence-electron chi connectivity index (χ2n) is 11.6. The van der Waals surface area contributed by atoms with Crippen LogP contribution in [-0.2, 0) is 22.0 Å². The first-order valence-electron chi connectivity index (χ1n) is 15.2. The van der Waals surface area contributed by atoms with Crippen LogP contribution in [0.15, 0.2) is 143 Å². The molecule has 0 amide bonds. The smallest absolute Gasteiger partial charge is 0.240 e. The summed E-state index contributed by atoms with van der Waals surface area (Å²) in [7, 11) is -2.02. The summed E-state index contributed by atoms with van der Waals surface area (Å²) in [5.41, 5.74) is 7.95. The summed E-state index contributed by atoms with van der Waals surface area (Å²) in [6.07, 6.45) is 2.85. The number of rotatable bonds is 9. The Balaban J connectivity index is 1.47. The second kappa shape index (κ2) is 12.1. The Labute approximate surface area is 278 Å². The molecule has 5 aromatic carbocycles. The van der Waals surface area contributed by atoms with Crippen LogP contribution in [0.1, 0.15) is 33.5 Å². The molecule has 1 aromatic heterocycles. The van der Waals surface area contributed by atoms with Gasteiger partial charge in [-0.25, -0.2) is 13.1 Å². The zero-order chi connectivity index (χ0) is 31.9. The summed E-state index contributed by atoms with van der Waals surface area (Å²) in [5, 5.41) is 1.03. The maximum Gasteiger partial charge on any atom is 0.240 e. The highest BCUT2D eigenvalue weighted by Crippen LogP contribution is 2.51. The fraction of sp³-hybridized carbons (Fsp3) is 0.128. The minimum Gasteiger partial charge on any atom is -0.497 e. The lowest BCUT2D eigenvalue weighted by Gasteiger charge is -2.33. The first-order valence-corrected chi connectivity index (χ1v) is 17.5. The summed E-state index contributed by atoms with van der Waals surface area (Å²) < 4.78 is 38.6. The largest absolute Gasteiger partial charge is 0.497 e. The molecular weight excluding hydrogens is 656 g/mol. The molecular formula is C39H33BrN2O3S. The van der Waals surface area contributed by atoms with E-state index in [0.717, 1.165) is 60.2 Å². The van der Waals surface area contributed by atoms with E-state index in [1.165, 1.54) is 0 Å². The van der Waals surface area contributed by atoms with Crippen molar-refractivity contribution in [3.8, 4) is 5.75 Å². The van der Waals surface area contributed by atoms with Gasteiger partial charge in [0.2, 0.25) is 10.0 Å². The molecule has 7 heteroatoms. The van der Waals surface area contributed by atoms with Gasteiger partial charge in [0.1, 0.15) is 11.3 Å². The van der Waals surface area contributed by atoms with Crippen LogP contribution in [0, 0.1) is 6.92 Å². The number of allylic oxidation sites excluding steroid dienone is 1. The molecule has 0 atom stereocenters. The van der Waals surface area contributed by atoms with E-state index in [-0.39, 0.29) is 11.4 Å². The normalized spacial score (nSPS) is 13.8. The van der Waals surface area contributed by atoms with Crippen molar-refractivity contribution < 1.29 is 13.2 Å². The zero-order valence-electron chi connectivity index (χ0n) is 25.6. The van der Waals surface area contributed by atoms with Crippen LogP contribution >= 0.6 is 15.9 Å². The number of hydrogen-bond acceptors (Lipinski definition) is 3. The number of methoxy groups -OCH3 is 1. The molecule has 0 saturated heterocycles. The lowest BCUT2D eigenvalue weighted by molar-refractivity contribution is 0.415. The van der Waals surface area contributed by atoms with Gasteiger partial charge >= 0.3 is 0 Å². The maximum atomic E-state index is 13.3. The number of nitrogens with one attached hydrogen (secondary N) is 1. The third-order valence-corrected chi connectivity index (χ3v) is 10.8. The molecule has 0 spiro atoms. The third kappa shape index (κ3) is 5.18. The number of hydrogen-bond donors (Lipinski definition) is 1. The van der Waals surface area contributed by atoms with Gasteiger partial charge in [0.05, 0.1) is 23.2 Å². The first-order chi connectivity index (χ1) is 22.3. The maximum absolute atomic E-state index is 13.3. The Kier molecular flexibility index (Phi) is 7.93. The molecule has 2 heterocycles.